The Bertz CT molecular complexity index is 2800. The summed E-state index contributed by atoms with van der Waals surface area (Å²) in [5.41, 5.74) is 11.8. The molecule has 0 bridgehead atoms. The van der Waals surface area contributed by atoms with E-state index in [1.54, 1.807) is 0 Å². The van der Waals surface area contributed by atoms with Crippen molar-refractivity contribution in [3.8, 4) is 17.3 Å². The maximum Gasteiger partial charge on any atom is 0.137 e. The van der Waals surface area contributed by atoms with Crippen LogP contribution in [-0.4, -0.2) is 16.2 Å². The molecule has 0 radical (unpaired) electrons. The number of para-hydroxylation sites is 1. The van der Waals surface area contributed by atoms with Crippen LogP contribution in [0.2, 0.25) is 0 Å². The SMILES string of the molecule is CC(C)(C)c1cccc(N2CN(c3cccc(Oc4ccc5c6ccccc6n(-c6cc(C(C)(C)C)ccn6)c5c4)c3)c3cc(C(C)(C)c4ccccc4)ccc32)c1. The summed E-state index contributed by atoms with van der Waals surface area (Å²) in [5.74, 6) is 2.45. The lowest BCUT2D eigenvalue weighted by Crippen LogP contribution is -2.24. The summed E-state index contributed by atoms with van der Waals surface area (Å²) in [6.45, 7) is 18.9. The van der Waals surface area contributed by atoms with Crippen LogP contribution < -0.4 is 14.5 Å². The fraction of sp³-hybridized carbons (Fsp3) is 0.226. The molecule has 0 N–H and O–H groups in total. The molecule has 5 nitrogen and oxygen atoms in total. The minimum absolute atomic E-state index is 0.00124. The quantitative estimate of drug-likeness (QED) is 0.162. The average molecular weight is 761 g/mol. The number of hydrogen-bond donors (Lipinski definition) is 0. The molecule has 0 fully saturated rings. The van der Waals surface area contributed by atoms with E-state index in [2.05, 4.69) is 215 Å². The van der Waals surface area contributed by atoms with E-state index in [4.69, 9.17) is 9.72 Å². The maximum absolute atomic E-state index is 6.77. The largest absolute Gasteiger partial charge is 0.457 e. The minimum Gasteiger partial charge on any atom is -0.457 e. The van der Waals surface area contributed by atoms with Gasteiger partial charge in [0.05, 0.1) is 22.4 Å². The zero-order valence-electron chi connectivity index (χ0n) is 34.9. The van der Waals surface area contributed by atoms with Crippen molar-refractivity contribution in [2.45, 2.75) is 71.6 Å². The lowest BCUT2D eigenvalue weighted by molar-refractivity contribution is 0.483. The standard InChI is InChI=1S/C53H52N4O/c1-51(2,3)37-18-14-19-40(30-37)55-35-56(49-31-39(24-27-47(49)55)53(7,8)36-16-10-9-11-17-36)41-20-15-21-42(33-41)58-43-25-26-45-44-22-12-13-23-46(44)57(48(45)34-43)50-32-38(28-29-54-50)52(4,5)6/h9-34H,35H2,1-8H3. The first kappa shape index (κ1) is 37.3. The van der Waals surface area contributed by atoms with E-state index in [1.807, 2.05) is 12.3 Å². The first-order valence-electron chi connectivity index (χ1n) is 20.4. The van der Waals surface area contributed by atoms with Gasteiger partial charge < -0.3 is 14.5 Å². The molecule has 5 heteroatoms. The van der Waals surface area contributed by atoms with Crippen LogP contribution in [-0.2, 0) is 16.2 Å². The Kier molecular flexibility index (Phi) is 8.96. The lowest BCUT2D eigenvalue weighted by atomic mass is 9.78. The third-order valence-corrected chi connectivity index (χ3v) is 11.9. The van der Waals surface area contributed by atoms with E-state index in [1.165, 1.54) is 44.7 Å². The predicted molar refractivity (Wildman–Crippen MR) is 243 cm³/mol. The first-order chi connectivity index (χ1) is 27.8. The number of fused-ring (bicyclic) bond motifs is 4. The molecule has 0 saturated heterocycles. The highest BCUT2D eigenvalue weighted by Crippen LogP contribution is 2.48. The molecule has 0 spiro atoms. The van der Waals surface area contributed by atoms with Crippen molar-refractivity contribution in [3.63, 3.8) is 0 Å². The van der Waals surface area contributed by atoms with Crippen molar-refractivity contribution in [2.24, 2.45) is 0 Å². The molecule has 0 saturated carbocycles. The van der Waals surface area contributed by atoms with Crippen LogP contribution in [0.5, 0.6) is 11.5 Å². The Balaban J connectivity index is 1.11. The Labute approximate surface area is 343 Å². The molecule has 2 aromatic heterocycles. The van der Waals surface area contributed by atoms with Crippen LogP contribution >= 0.6 is 0 Å². The van der Waals surface area contributed by atoms with Crippen LogP contribution in [0.3, 0.4) is 0 Å². The zero-order chi connectivity index (χ0) is 40.4. The van der Waals surface area contributed by atoms with Crippen molar-refractivity contribution < 1.29 is 4.74 Å². The van der Waals surface area contributed by atoms with Crippen LogP contribution in [0, 0.1) is 0 Å². The number of hydrogen-bond acceptors (Lipinski definition) is 4. The van der Waals surface area contributed by atoms with Gasteiger partial charge in [-0.1, -0.05) is 128 Å². The summed E-state index contributed by atoms with van der Waals surface area (Å²) < 4.78 is 9.03. The third kappa shape index (κ3) is 6.68. The highest BCUT2D eigenvalue weighted by Gasteiger charge is 2.32. The lowest BCUT2D eigenvalue weighted by Gasteiger charge is -2.28. The molecule has 290 valence electrons. The molecule has 9 rings (SSSR count). The zero-order valence-corrected chi connectivity index (χ0v) is 34.9. The van der Waals surface area contributed by atoms with Crippen molar-refractivity contribution in [2.75, 3.05) is 16.5 Å². The summed E-state index contributed by atoms with van der Waals surface area (Å²) in [6.07, 6.45) is 1.92. The summed E-state index contributed by atoms with van der Waals surface area (Å²) in [7, 11) is 0. The van der Waals surface area contributed by atoms with Crippen LogP contribution in [0.1, 0.15) is 77.6 Å². The van der Waals surface area contributed by atoms with Gasteiger partial charge in [0.25, 0.3) is 0 Å². The fourth-order valence-corrected chi connectivity index (χ4v) is 8.37. The molecule has 3 heterocycles. The number of aromatic nitrogens is 2. The molecular weight excluding hydrogens is 709 g/mol. The van der Waals surface area contributed by atoms with Gasteiger partial charge in [0.2, 0.25) is 0 Å². The number of rotatable bonds is 7. The van der Waals surface area contributed by atoms with E-state index < -0.39 is 0 Å². The second kappa shape index (κ2) is 13.9. The molecule has 8 aromatic rings. The molecule has 1 aliphatic heterocycles. The Hall–Kier alpha value is -6.33. The van der Waals surface area contributed by atoms with Gasteiger partial charge >= 0.3 is 0 Å². The number of nitrogens with zero attached hydrogens (tertiary/aromatic N) is 4. The molecule has 6 aromatic carbocycles. The second-order valence-corrected chi connectivity index (χ2v) is 18.3. The topological polar surface area (TPSA) is 33.5 Å². The van der Waals surface area contributed by atoms with E-state index in [-0.39, 0.29) is 16.2 Å². The summed E-state index contributed by atoms with van der Waals surface area (Å²) in [4.78, 5) is 9.74. The summed E-state index contributed by atoms with van der Waals surface area (Å²) in [5, 5.41) is 2.35. The van der Waals surface area contributed by atoms with E-state index in [9.17, 15) is 0 Å². The highest BCUT2D eigenvalue weighted by atomic mass is 16.5. The Morgan fingerprint density at radius 2 is 1.10 bits per heavy atom. The van der Waals surface area contributed by atoms with Crippen molar-refractivity contribution in [1.29, 1.82) is 0 Å². The van der Waals surface area contributed by atoms with Gasteiger partial charge in [0.15, 0.2) is 0 Å². The van der Waals surface area contributed by atoms with Gasteiger partial charge in [0.1, 0.15) is 24.0 Å². The molecule has 0 atom stereocenters. The molecule has 0 amide bonds. The van der Waals surface area contributed by atoms with Gasteiger partial charge in [0, 0.05) is 45.9 Å². The molecule has 0 aliphatic carbocycles. The highest BCUT2D eigenvalue weighted by molar-refractivity contribution is 6.09. The fourth-order valence-electron chi connectivity index (χ4n) is 8.37. The van der Waals surface area contributed by atoms with E-state index >= 15 is 0 Å². The van der Waals surface area contributed by atoms with Crippen LogP contribution in [0.4, 0.5) is 22.7 Å². The summed E-state index contributed by atoms with van der Waals surface area (Å²) in [6, 6.07) is 54.6. The van der Waals surface area contributed by atoms with Gasteiger partial charge in [-0.15, -0.1) is 0 Å². The molecule has 1 aliphatic rings. The Morgan fingerprint density at radius 3 is 1.88 bits per heavy atom. The van der Waals surface area contributed by atoms with Crippen molar-refractivity contribution in [3.05, 3.63) is 180 Å². The van der Waals surface area contributed by atoms with Crippen molar-refractivity contribution in [1.82, 2.24) is 9.55 Å². The van der Waals surface area contributed by atoms with E-state index in [0.717, 1.165) is 39.4 Å². The monoisotopic (exact) mass is 760 g/mol. The number of anilines is 4. The number of benzene rings is 6. The van der Waals surface area contributed by atoms with Gasteiger partial charge in [-0.3, -0.25) is 4.57 Å². The first-order valence-corrected chi connectivity index (χ1v) is 20.4. The smallest absolute Gasteiger partial charge is 0.137 e. The predicted octanol–water partition coefficient (Wildman–Crippen LogP) is 14.1. The second-order valence-electron chi connectivity index (χ2n) is 18.3. The molecule has 0 unspecified atom stereocenters. The summed E-state index contributed by atoms with van der Waals surface area (Å²) >= 11 is 0. The normalized spacial score (nSPS) is 13.4. The average Bonchev–Trinajstić information content (AvgIpc) is 3.76. The number of ether oxygens (including phenoxy) is 1. The van der Waals surface area contributed by atoms with Crippen LogP contribution in [0.25, 0.3) is 27.6 Å². The van der Waals surface area contributed by atoms with E-state index in [0.29, 0.717) is 6.67 Å². The molecule has 58 heavy (non-hydrogen) atoms. The molecular formula is C53H52N4O. The van der Waals surface area contributed by atoms with Crippen LogP contribution in [0.15, 0.2) is 158 Å². The third-order valence-electron chi connectivity index (χ3n) is 11.9. The maximum atomic E-state index is 6.77. The Morgan fingerprint density at radius 1 is 0.466 bits per heavy atom. The van der Waals surface area contributed by atoms with Gasteiger partial charge in [-0.05, 0) is 99.8 Å². The van der Waals surface area contributed by atoms with Crippen molar-refractivity contribution >= 4 is 44.6 Å². The number of pyridine rings is 1. The minimum atomic E-state index is -0.183. The van der Waals surface area contributed by atoms with Gasteiger partial charge in [-0.25, -0.2) is 4.98 Å². The van der Waals surface area contributed by atoms with Gasteiger partial charge in [-0.2, -0.15) is 0 Å².